The minimum atomic E-state index is -0.448. The highest BCUT2D eigenvalue weighted by atomic mass is 16.1. The van der Waals surface area contributed by atoms with Crippen LogP contribution in [0.2, 0.25) is 0 Å². The number of aromatic nitrogens is 1. The van der Waals surface area contributed by atoms with E-state index in [0.29, 0.717) is 0 Å². The molecule has 0 bridgehead atoms. The topological polar surface area (TPSA) is 25.2 Å². The molecular weight excluding hydrogens is 500 g/mol. The van der Waals surface area contributed by atoms with Gasteiger partial charge in [-0.1, -0.05) is 90.0 Å². The lowest BCUT2D eigenvalue weighted by atomic mass is 9.64. The van der Waals surface area contributed by atoms with Gasteiger partial charge in [-0.2, -0.15) is 0 Å². The third-order valence-corrected chi connectivity index (χ3v) is 9.17. The Hall–Kier alpha value is -4.89. The fourth-order valence-corrected chi connectivity index (χ4v) is 7.46. The van der Waals surface area contributed by atoms with Crippen molar-refractivity contribution in [3.8, 4) is 11.1 Å². The number of hydrogen-bond donors (Lipinski definition) is 0. The minimum absolute atomic E-state index is 0.0211. The molecule has 0 saturated carbocycles. The summed E-state index contributed by atoms with van der Waals surface area (Å²) in [5.41, 5.74) is 14.2. The van der Waals surface area contributed by atoms with Crippen LogP contribution in [-0.2, 0) is 12.5 Å². The SMILES string of the molecule is Cc1ccc2c(c1)C1(c3ccccc3-c3ccccc31)c1cc(C)ccc1N2c1ccc2c(C)cn(C)c(=O)c2c1. The molecule has 0 atom stereocenters. The summed E-state index contributed by atoms with van der Waals surface area (Å²) < 4.78 is 1.69. The average molecular weight is 531 g/mol. The summed E-state index contributed by atoms with van der Waals surface area (Å²) in [5, 5.41) is 1.74. The van der Waals surface area contributed by atoms with Crippen LogP contribution in [-0.4, -0.2) is 4.57 Å². The number of pyridine rings is 1. The van der Waals surface area contributed by atoms with E-state index in [9.17, 15) is 4.79 Å². The van der Waals surface area contributed by atoms with E-state index in [1.165, 1.54) is 44.5 Å². The van der Waals surface area contributed by atoms with Crippen molar-refractivity contribution >= 4 is 27.8 Å². The zero-order valence-corrected chi connectivity index (χ0v) is 23.7. The number of rotatable bonds is 1. The van der Waals surface area contributed by atoms with Gasteiger partial charge in [-0.3, -0.25) is 4.79 Å². The largest absolute Gasteiger partial charge is 0.318 e. The quantitative estimate of drug-likeness (QED) is 0.212. The van der Waals surface area contributed by atoms with Crippen LogP contribution in [0.1, 0.15) is 38.9 Å². The zero-order chi connectivity index (χ0) is 28.0. The minimum Gasteiger partial charge on any atom is -0.318 e. The second kappa shape index (κ2) is 8.31. The van der Waals surface area contributed by atoms with Crippen LogP contribution in [0, 0.1) is 20.8 Å². The summed E-state index contributed by atoms with van der Waals surface area (Å²) >= 11 is 0. The molecule has 0 N–H and O–H groups in total. The Labute approximate surface area is 240 Å². The first kappa shape index (κ1) is 24.0. The lowest BCUT2D eigenvalue weighted by Gasteiger charge is -2.45. The van der Waals surface area contributed by atoms with Gasteiger partial charge in [0.25, 0.3) is 5.56 Å². The number of hydrogen-bond acceptors (Lipinski definition) is 2. The summed E-state index contributed by atoms with van der Waals surface area (Å²) in [5.74, 6) is 0. The maximum Gasteiger partial charge on any atom is 0.258 e. The van der Waals surface area contributed by atoms with Crippen molar-refractivity contribution < 1.29 is 0 Å². The van der Waals surface area contributed by atoms with Crippen LogP contribution in [0.4, 0.5) is 17.1 Å². The molecule has 0 unspecified atom stereocenters. The fourth-order valence-electron chi connectivity index (χ4n) is 7.46. The van der Waals surface area contributed by atoms with E-state index >= 15 is 0 Å². The highest BCUT2D eigenvalue weighted by Gasteiger charge is 2.51. The summed E-state index contributed by atoms with van der Waals surface area (Å²) in [6, 6.07) is 37.8. The van der Waals surface area contributed by atoms with E-state index < -0.39 is 5.41 Å². The van der Waals surface area contributed by atoms with Crippen molar-refractivity contribution in [1.29, 1.82) is 0 Å². The van der Waals surface area contributed by atoms with Gasteiger partial charge in [-0.25, -0.2) is 0 Å². The first-order valence-electron chi connectivity index (χ1n) is 14.2. The van der Waals surface area contributed by atoms with E-state index in [2.05, 4.69) is 129 Å². The molecule has 1 aromatic heterocycles. The van der Waals surface area contributed by atoms with Gasteiger partial charge in [0, 0.05) is 24.3 Å². The van der Waals surface area contributed by atoms with Gasteiger partial charge in [0.05, 0.1) is 16.8 Å². The van der Waals surface area contributed by atoms with Gasteiger partial charge in [-0.15, -0.1) is 0 Å². The van der Waals surface area contributed by atoms with Gasteiger partial charge >= 0.3 is 0 Å². The lowest BCUT2D eigenvalue weighted by Crippen LogP contribution is -2.36. The smallest absolute Gasteiger partial charge is 0.258 e. The average Bonchev–Trinajstić information content (AvgIpc) is 3.28. The van der Waals surface area contributed by atoms with Gasteiger partial charge in [0.15, 0.2) is 0 Å². The molecule has 0 radical (unpaired) electrons. The summed E-state index contributed by atoms with van der Waals surface area (Å²) in [6.45, 7) is 6.43. The van der Waals surface area contributed by atoms with Crippen molar-refractivity contribution in [2.24, 2.45) is 7.05 Å². The van der Waals surface area contributed by atoms with Gasteiger partial charge in [-0.05, 0) is 89.4 Å². The molecule has 1 spiro atoms. The second-order valence-electron chi connectivity index (χ2n) is 11.7. The summed E-state index contributed by atoms with van der Waals surface area (Å²) in [4.78, 5) is 15.7. The van der Waals surface area contributed by atoms with E-state index in [1.807, 2.05) is 13.2 Å². The Morgan fingerprint density at radius 2 is 1.15 bits per heavy atom. The summed E-state index contributed by atoms with van der Waals surface area (Å²) in [7, 11) is 1.83. The van der Waals surface area contributed by atoms with Crippen LogP contribution in [0.3, 0.4) is 0 Å². The highest BCUT2D eigenvalue weighted by molar-refractivity contribution is 5.98. The predicted molar refractivity (Wildman–Crippen MR) is 169 cm³/mol. The maximum absolute atomic E-state index is 13.3. The number of fused-ring (bicyclic) bond motifs is 10. The van der Waals surface area contributed by atoms with Crippen molar-refractivity contribution in [2.45, 2.75) is 26.2 Å². The lowest BCUT2D eigenvalue weighted by molar-refractivity contribution is 0.750. The van der Waals surface area contributed by atoms with Crippen molar-refractivity contribution in [3.05, 3.63) is 159 Å². The Balaban J connectivity index is 1.52. The molecule has 6 aromatic rings. The van der Waals surface area contributed by atoms with E-state index in [4.69, 9.17) is 0 Å². The molecule has 0 amide bonds. The molecule has 1 aliphatic carbocycles. The fraction of sp³-hybridized carbons (Fsp3) is 0.132. The van der Waals surface area contributed by atoms with E-state index in [0.717, 1.165) is 33.4 Å². The van der Waals surface area contributed by atoms with Gasteiger partial charge in [0.2, 0.25) is 0 Å². The monoisotopic (exact) mass is 530 g/mol. The van der Waals surface area contributed by atoms with Crippen LogP contribution in [0.5, 0.6) is 0 Å². The van der Waals surface area contributed by atoms with Crippen molar-refractivity contribution in [2.75, 3.05) is 4.90 Å². The van der Waals surface area contributed by atoms with Crippen molar-refractivity contribution in [3.63, 3.8) is 0 Å². The normalized spacial score (nSPS) is 14.1. The van der Waals surface area contributed by atoms with Crippen LogP contribution in [0.15, 0.2) is 114 Å². The van der Waals surface area contributed by atoms with Gasteiger partial charge in [0.1, 0.15) is 0 Å². The zero-order valence-electron chi connectivity index (χ0n) is 23.7. The molecule has 198 valence electrons. The predicted octanol–water partition coefficient (Wildman–Crippen LogP) is 8.61. The van der Waals surface area contributed by atoms with Crippen LogP contribution < -0.4 is 10.5 Å². The first-order chi connectivity index (χ1) is 19.9. The standard InChI is InChI=1S/C38H30N2O/c1-23-13-17-35-33(19-23)38(31-11-7-5-9-28(31)29-10-6-8-12-32(29)38)34-20-24(2)14-18-36(34)40(35)26-15-16-27-25(3)22-39(4)37(41)30(27)21-26/h5-22H,1-4H3. The molecule has 41 heavy (non-hydrogen) atoms. The molecule has 2 heterocycles. The molecule has 0 fully saturated rings. The third-order valence-electron chi connectivity index (χ3n) is 9.17. The van der Waals surface area contributed by atoms with Crippen LogP contribution in [0.25, 0.3) is 21.9 Å². The third kappa shape index (κ3) is 3.06. The Morgan fingerprint density at radius 3 is 1.73 bits per heavy atom. The molecule has 1 aliphatic heterocycles. The number of aryl methyl sites for hydroxylation is 4. The molecule has 2 aliphatic rings. The molecule has 3 heteroatoms. The molecule has 5 aromatic carbocycles. The van der Waals surface area contributed by atoms with Crippen molar-refractivity contribution in [1.82, 2.24) is 4.57 Å². The second-order valence-corrected chi connectivity index (χ2v) is 11.7. The van der Waals surface area contributed by atoms with E-state index in [-0.39, 0.29) is 5.56 Å². The Morgan fingerprint density at radius 1 is 0.585 bits per heavy atom. The number of benzene rings is 5. The molecule has 0 saturated heterocycles. The number of anilines is 3. The van der Waals surface area contributed by atoms with E-state index in [1.54, 1.807) is 4.57 Å². The van der Waals surface area contributed by atoms with Gasteiger partial charge < -0.3 is 9.47 Å². The molecular formula is C38H30N2O. The highest BCUT2D eigenvalue weighted by Crippen LogP contribution is 2.63. The Bertz CT molecular complexity index is 2030. The first-order valence-corrected chi connectivity index (χ1v) is 14.2. The van der Waals surface area contributed by atoms with Crippen LogP contribution >= 0.6 is 0 Å². The maximum atomic E-state index is 13.3. The molecule has 8 rings (SSSR count). The number of nitrogens with zero attached hydrogens (tertiary/aromatic N) is 2. The summed E-state index contributed by atoms with van der Waals surface area (Å²) in [6.07, 6.45) is 1.92. The Kier molecular flexibility index (Phi) is 4.85. The molecule has 3 nitrogen and oxygen atoms in total.